The first kappa shape index (κ1) is 24.4. The van der Waals surface area contributed by atoms with Gasteiger partial charge in [0.05, 0.1) is 11.8 Å². The van der Waals surface area contributed by atoms with E-state index in [4.69, 9.17) is 0 Å². The minimum Gasteiger partial charge on any atom is -0.325 e. The quantitative estimate of drug-likeness (QED) is 0.492. The minimum absolute atomic E-state index is 0.0116. The normalized spacial score (nSPS) is 12.6. The molecule has 0 bridgehead atoms. The van der Waals surface area contributed by atoms with Crippen LogP contribution in [0.1, 0.15) is 75.9 Å². The van der Waals surface area contributed by atoms with E-state index in [0.717, 1.165) is 48.0 Å². The third kappa shape index (κ3) is 6.08. The van der Waals surface area contributed by atoms with Gasteiger partial charge in [-0.05, 0) is 50.9 Å². The monoisotopic (exact) mass is 431 g/mol. The molecule has 2 rings (SSSR count). The summed E-state index contributed by atoms with van der Waals surface area (Å²) in [5.41, 5.74) is 3.19. The number of rotatable bonds is 11. The van der Waals surface area contributed by atoms with Crippen LogP contribution in [0.3, 0.4) is 0 Å². The van der Waals surface area contributed by atoms with Crippen molar-refractivity contribution in [3.8, 4) is 0 Å². The molecule has 1 unspecified atom stereocenters. The molecule has 1 atom stereocenters. The minimum atomic E-state index is -0.0116. The topological polar surface area (TPSA) is 63.1 Å². The van der Waals surface area contributed by atoms with Gasteiger partial charge in [-0.1, -0.05) is 64.1 Å². The maximum Gasteiger partial charge on any atom is 0.234 e. The second kappa shape index (κ2) is 11.5. The van der Waals surface area contributed by atoms with E-state index in [1.165, 1.54) is 17.3 Å². The highest BCUT2D eigenvalue weighted by Gasteiger charge is 2.22. The summed E-state index contributed by atoms with van der Waals surface area (Å²) in [6, 6.07) is 6.38. The van der Waals surface area contributed by atoms with Crippen molar-refractivity contribution in [3.05, 3.63) is 35.2 Å². The number of anilines is 1. The van der Waals surface area contributed by atoms with Gasteiger partial charge in [0.15, 0.2) is 11.0 Å². The van der Waals surface area contributed by atoms with Crippen molar-refractivity contribution in [1.82, 2.24) is 19.7 Å². The molecule has 0 fully saturated rings. The number of aryl methyl sites for hydroxylation is 1. The summed E-state index contributed by atoms with van der Waals surface area (Å²) in [6.45, 7) is 11.6. The van der Waals surface area contributed by atoms with E-state index >= 15 is 0 Å². The molecule has 0 spiro atoms. The van der Waals surface area contributed by atoms with Gasteiger partial charge in [0.2, 0.25) is 5.91 Å². The molecule has 1 N–H and O–H groups in total. The van der Waals surface area contributed by atoms with Crippen molar-refractivity contribution in [2.75, 3.05) is 25.2 Å². The molecule has 0 aliphatic carbocycles. The van der Waals surface area contributed by atoms with Gasteiger partial charge in [-0.15, -0.1) is 10.2 Å². The molecule has 1 amide bonds. The first-order valence-electron chi connectivity index (χ1n) is 10.9. The number of hydrogen-bond donors (Lipinski definition) is 1. The van der Waals surface area contributed by atoms with Gasteiger partial charge in [0.1, 0.15) is 0 Å². The third-order valence-corrected chi connectivity index (χ3v) is 6.28. The number of benzene rings is 1. The van der Waals surface area contributed by atoms with Crippen molar-refractivity contribution in [2.45, 2.75) is 77.5 Å². The maximum atomic E-state index is 12.7. The first-order chi connectivity index (χ1) is 14.3. The fraction of sp³-hybridized carbons (Fsp3) is 0.609. The Bertz CT molecular complexity index is 831. The summed E-state index contributed by atoms with van der Waals surface area (Å²) in [6.07, 6.45) is 3.13. The van der Waals surface area contributed by atoms with Crippen LogP contribution in [0.5, 0.6) is 0 Å². The Kier molecular flexibility index (Phi) is 9.37. The van der Waals surface area contributed by atoms with Crippen molar-refractivity contribution >= 4 is 23.4 Å². The number of hydrogen-bond acceptors (Lipinski definition) is 5. The summed E-state index contributed by atoms with van der Waals surface area (Å²) in [5, 5.41) is 12.9. The molecule has 2 aromatic rings. The lowest BCUT2D eigenvalue weighted by Gasteiger charge is -2.23. The van der Waals surface area contributed by atoms with E-state index in [1.54, 1.807) is 0 Å². The Morgan fingerprint density at radius 2 is 1.97 bits per heavy atom. The SMILES string of the molecule is CCCCn1c(SCC(=O)Nc2c(C)cccc2C(C)C)nnc1C(CC)N(C)C. The lowest BCUT2D eigenvalue weighted by molar-refractivity contribution is -0.113. The van der Waals surface area contributed by atoms with Crippen LogP contribution in [0.15, 0.2) is 23.4 Å². The molecule has 0 saturated carbocycles. The van der Waals surface area contributed by atoms with E-state index in [9.17, 15) is 4.79 Å². The number of para-hydroxylation sites is 1. The number of carbonyl (C=O) groups excluding carboxylic acids is 1. The highest BCUT2D eigenvalue weighted by Crippen LogP contribution is 2.29. The number of nitrogens with one attached hydrogen (secondary N) is 1. The van der Waals surface area contributed by atoms with E-state index in [-0.39, 0.29) is 11.9 Å². The highest BCUT2D eigenvalue weighted by molar-refractivity contribution is 7.99. The zero-order chi connectivity index (χ0) is 22.3. The largest absolute Gasteiger partial charge is 0.325 e. The van der Waals surface area contributed by atoms with Crippen LogP contribution in [0, 0.1) is 6.92 Å². The van der Waals surface area contributed by atoms with E-state index in [2.05, 4.69) is 72.8 Å². The predicted octanol–water partition coefficient (Wildman–Crippen LogP) is 5.25. The molecule has 0 aliphatic rings. The molecule has 1 heterocycles. The van der Waals surface area contributed by atoms with Crippen LogP contribution >= 0.6 is 11.8 Å². The van der Waals surface area contributed by atoms with Crippen LogP contribution in [0.4, 0.5) is 5.69 Å². The standard InChI is InChI=1S/C23H37N5OS/c1-8-10-14-28-22(19(9-2)27(6)7)25-26-23(28)30-15-20(29)24-21-17(5)12-11-13-18(21)16(3)4/h11-13,16,19H,8-10,14-15H2,1-7H3,(H,24,29). The van der Waals surface area contributed by atoms with Gasteiger partial charge < -0.3 is 9.88 Å². The second-order valence-corrected chi connectivity index (χ2v) is 9.21. The average Bonchev–Trinajstić information content (AvgIpc) is 3.08. The highest BCUT2D eigenvalue weighted by atomic mass is 32.2. The molecule has 7 heteroatoms. The zero-order valence-electron chi connectivity index (χ0n) is 19.5. The van der Waals surface area contributed by atoms with Gasteiger partial charge >= 0.3 is 0 Å². The molecule has 0 aliphatic heterocycles. The van der Waals surface area contributed by atoms with Crippen molar-refractivity contribution in [3.63, 3.8) is 0 Å². The maximum absolute atomic E-state index is 12.7. The van der Waals surface area contributed by atoms with Gasteiger partial charge in [0.25, 0.3) is 0 Å². The zero-order valence-corrected chi connectivity index (χ0v) is 20.3. The summed E-state index contributed by atoms with van der Waals surface area (Å²) in [5.74, 6) is 1.64. The van der Waals surface area contributed by atoms with E-state index in [0.29, 0.717) is 11.7 Å². The van der Waals surface area contributed by atoms with Crippen molar-refractivity contribution in [1.29, 1.82) is 0 Å². The fourth-order valence-corrected chi connectivity index (χ4v) is 4.38. The van der Waals surface area contributed by atoms with Gasteiger partial charge in [-0.3, -0.25) is 9.69 Å². The predicted molar refractivity (Wildman–Crippen MR) is 126 cm³/mol. The molecule has 6 nitrogen and oxygen atoms in total. The third-order valence-electron chi connectivity index (χ3n) is 5.31. The summed E-state index contributed by atoms with van der Waals surface area (Å²) < 4.78 is 2.20. The van der Waals surface area contributed by atoms with Gasteiger partial charge in [-0.2, -0.15) is 0 Å². The number of carbonyl (C=O) groups is 1. The Hall–Kier alpha value is -1.86. The smallest absolute Gasteiger partial charge is 0.234 e. The van der Waals surface area contributed by atoms with Crippen LogP contribution in [-0.2, 0) is 11.3 Å². The van der Waals surface area contributed by atoms with Gasteiger partial charge in [0, 0.05) is 12.2 Å². The van der Waals surface area contributed by atoms with Crippen LogP contribution in [0.2, 0.25) is 0 Å². The van der Waals surface area contributed by atoms with Crippen LogP contribution in [0.25, 0.3) is 0 Å². The molecule has 0 radical (unpaired) electrons. The Labute approximate surface area is 185 Å². The molecule has 30 heavy (non-hydrogen) atoms. The number of nitrogens with zero attached hydrogens (tertiary/aromatic N) is 4. The van der Waals surface area contributed by atoms with E-state index < -0.39 is 0 Å². The van der Waals surface area contributed by atoms with Gasteiger partial charge in [-0.25, -0.2) is 0 Å². The summed E-state index contributed by atoms with van der Waals surface area (Å²) in [7, 11) is 4.14. The number of aromatic nitrogens is 3. The van der Waals surface area contributed by atoms with E-state index in [1.807, 2.05) is 19.1 Å². The van der Waals surface area contributed by atoms with Crippen LogP contribution < -0.4 is 5.32 Å². The fourth-order valence-electron chi connectivity index (χ4n) is 3.61. The second-order valence-electron chi connectivity index (χ2n) is 8.26. The number of thioether (sulfide) groups is 1. The lowest BCUT2D eigenvalue weighted by Crippen LogP contribution is -2.23. The Morgan fingerprint density at radius 1 is 1.23 bits per heavy atom. The number of unbranched alkanes of at least 4 members (excludes halogenated alkanes) is 1. The molecule has 1 aromatic carbocycles. The average molecular weight is 432 g/mol. The van der Waals surface area contributed by atoms with Crippen molar-refractivity contribution in [2.24, 2.45) is 0 Å². The Morgan fingerprint density at radius 3 is 2.57 bits per heavy atom. The first-order valence-corrected chi connectivity index (χ1v) is 11.9. The number of amides is 1. The van der Waals surface area contributed by atoms with Crippen LogP contribution in [-0.4, -0.2) is 45.4 Å². The Balaban J connectivity index is 2.15. The summed E-state index contributed by atoms with van der Waals surface area (Å²) >= 11 is 1.46. The molecular formula is C23H37N5OS. The van der Waals surface area contributed by atoms with Crippen molar-refractivity contribution < 1.29 is 4.79 Å². The molecule has 166 valence electrons. The molecular weight excluding hydrogens is 394 g/mol. The lowest BCUT2D eigenvalue weighted by atomic mass is 9.98. The summed E-state index contributed by atoms with van der Waals surface area (Å²) in [4.78, 5) is 14.9. The molecule has 1 aromatic heterocycles. The molecule has 0 saturated heterocycles.